The van der Waals surface area contributed by atoms with Gasteiger partial charge in [0.1, 0.15) is 6.29 Å². The van der Waals surface area contributed by atoms with E-state index in [0.29, 0.717) is 12.0 Å². The Kier molecular flexibility index (Phi) is 3.61. The van der Waals surface area contributed by atoms with E-state index in [1.54, 1.807) is 0 Å². The molecule has 1 rings (SSSR count). The van der Waals surface area contributed by atoms with Gasteiger partial charge in [0.2, 0.25) is 5.91 Å². The Hall–Kier alpha value is -1.90. The molecule has 0 aliphatic rings. The molecule has 0 bridgehead atoms. The van der Waals surface area contributed by atoms with Crippen LogP contribution in [0.25, 0.3) is 5.70 Å². The minimum absolute atomic E-state index is 0.193. The maximum Gasteiger partial charge on any atom is 0.221 e. The highest BCUT2D eigenvalue weighted by molar-refractivity contribution is 5.90. The molecule has 0 atom stereocenters. The predicted molar refractivity (Wildman–Crippen MR) is 54.3 cm³/mol. The van der Waals surface area contributed by atoms with Gasteiger partial charge in [-0.1, -0.05) is 30.3 Å². The third-order valence-corrected chi connectivity index (χ3v) is 1.63. The van der Waals surface area contributed by atoms with Crippen molar-refractivity contribution in [2.75, 3.05) is 0 Å². The summed E-state index contributed by atoms with van der Waals surface area (Å²) < 4.78 is 0. The van der Waals surface area contributed by atoms with Gasteiger partial charge in [0, 0.05) is 13.0 Å². The summed E-state index contributed by atoms with van der Waals surface area (Å²) in [7, 11) is 0. The normalized spacial score (nSPS) is 10.8. The third kappa shape index (κ3) is 2.86. The number of hydrogen-bond acceptors (Lipinski definition) is 2. The van der Waals surface area contributed by atoms with Gasteiger partial charge in [0.25, 0.3) is 0 Å². The fourth-order valence-corrected chi connectivity index (χ4v) is 1.09. The molecule has 1 aromatic carbocycles. The Morgan fingerprint density at radius 3 is 2.43 bits per heavy atom. The van der Waals surface area contributed by atoms with Crippen molar-refractivity contribution in [3.63, 3.8) is 0 Å². The zero-order valence-electron chi connectivity index (χ0n) is 7.86. The molecule has 0 saturated heterocycles. The lowest BCUT2D eigenvalue weighted by Crippen LogP contribution is -2.18. The van der Waals surface area contributed by atoms with Crippen LogP contribution in [-0.4, -0.2) is 12.2 Å². The van der Waals surface area contributed by atoms with E-state index in [-0.39, 0.29) is 5.91 Å². The average molecular weight is 189 g/mol. The highest BCUT2D eigenvalue weighted by atomic mass is 16.1. The summed E-state index contributed by atoms with van der Waals surface area (Å²) in [5.74, 6) is -0.193. The summed E-state index contributed by atoms with van der Waals surface area (Å²) in [5, 5.41) is 2.59. The van der Waals surface area contributed by atoms with Crippen LogP contribution in [0.1, 0.15) is 12.5 Å². The molecule has 0 spiro atoms. The first-order chi connectivity index (χ1) is 6.74. The molecular weight excluding hydrogens is 178 g/mol. The summed E-state index contributed by atoms with van der Waals surface area (Å²) in [6.45, 7) is 1.40. The van der Waals surface area contributed by atoms with Crippen molar-refractivity contribution in [2.24, 2.45) is 0 Å². The maximum atomic E-state index is 10.8. The Bertz CT molecular complexity index is 355. The molecule has 3 heteroatoms. The summed E-state index contributed by atoms with van der Waals surface area (Å²) in [4.78, 5) is 21.2. The average Bonchev–Trinajstić information content (AvgIpc) is 2.18. The van der Waals surface area contributed by atoms with Crippen LogP contribution < -0.4 is 5.32 Å². The molecule has 0 aliphatic heterocycles. The Morgan fingerprint density at radius 2 is 1.93 bits per heavy atom. The van der Waals surface area contributed by atoms with Crippen LogP contribution in [0.3, 0.4) is 0 Å². The minimum Gasteiger partial charge on any atom is -0.326 e. The molecule has 1 aromatic rings. The smallest absolute Gasteiger partial charge is 0.221 e. The molecule has 0 aromatic heterocycles. The Labute approximate surface area is 82.4 Å². The van der Waals surface area contributed by atoms with Crippen molar-refractivity contribution in [3.05, 3.63) is 42.0 Å². The fourth-order valence-electron chi connectivity index (χ4n) is 1.09. The van der Waals surface area contributed by atoms with E-state index < -0.39 is 0 Å². The van der Waals surface area contributed by atoms with Gasteiger partial charge in [-0.2, -0.15) is 0 Å². The summed E-state index contributed by atoms with van der Waals surface area (Å²) in [6.07, 6.45) is 1.98. The lowest BCUT2D eigenvalue weighted by Gasteiger charge is -2.06. The molecule has 72 valence electrons. The van der Waals surface area contributed by atoms with E-state index in [2.05, 4.69) is 5.32 Å². The number of carbonyl (C=O) groups is 2. The van der Waals surface area contributed by atoms with Crippen LogP contribution in [0, 0.1) is 0 Å². The van der Waals surface area contributed by atoms with Gasteiger partial charge in [0.15, 0.2) is 0 Å². The van der Waals surface area contributed by atoms with Crippen molar-refractivity contribution < 1.29 is 9.59 Å². The number of allylic oxidation sites excluding steroid dienone is 1. The molecule has 1 N–H and O–H groups in total. The molecule has 1 amide bonds. The van der Waals surface area contributed by atoms with Gasteiger partial charge in [0.05, 0.1) is 5.70 Å². The number of hydrogen-bond donors (Lipinski definition) is 1. The lowest BCUT2D eigenvalue weighted by molar-refractivity contribution is -0.117. The SMILES string of the molecule is CC(=O)N/C(=C\C=O)c1ccccc1. The minimum atomic E-state index is -0.193. The number of nitrogens with one attached hydrogen (secondary N) is 1. The highest BCUT2D eigenvalue weighted by Gasteiger charge is 2.01. The molecule has 0 radical (unpaired) electrons. The quantitative estimate of drug-likeness (QED) is 0.576. The van der Waals surface area contributed by atoms with Gasteiger partial charge in [-0.15, -0.1) is 0 Å². The molecule has 0 saturated carbocycles. The van der Waals surface area contributed by atoms with Crippen molar-refractivity contribution in [3.8, 4) is 0 Å². The van der Waals surface area contributed by atoms with Crippen molar-refractivity contribution in [2.45, 2.75) is 6.92 Å². The van der Waals surface area contributed by atoms with E-state index in [4.69, 9.17) is 0 Å². The first kappa shape index (κ1) is 10.2. The number of rotatable bonds is 3. The molecule has 3 nitrogen and oxygen atoms in total. The van der Waals surface area contributed by atoms with Crippen LogP contribution in [0.2, 0.25) is 0 Å². The van der Waals surface area contributed by atoms with Crippen molar-refractivity contribution in [1.29, 1.82) is 0 Å². The zero-order valence-corrected chi connectivity index (χ0v) is 7.86. The van der Waals surface area contributed by atoms with Gasteiger partial charge in [-0.25, -0.2) is 0 Å². The number of benzene rings is 1. The second kappa shape index (κ2) is 4.97. The molecule has 0 aliphatic carbocycles. The number of aldehydes is 1. The summed E-state index contributed by atoms with van der Waals surface area (Å²) >= 11 is 0. The van der Waals surface area contributed by atoms with E-state index in [9.17, 15) is 9.59 Å². The van der Waals surface area contributed by atoms with E-state index in [1.807, 2.05) is 30.3 Å². The first-order valence-electron chi connectivity index (χ1n) is 4.22. The van der Waals surface area contributed by atoms with Gasteiger partial charge in [-0.3, -0.25) is 9.59 Å². The van der Waals surface area contributed by atoms with Gasteiger partial charge in [-0.05, 0) is 5.56 Å². The molecular formula is C11H11NO2. The lowest BCUT2D eigenvalue weighted by atomic mass is 10.1. The predicted octanol–water partition coefficient (Wildman–Crippen LogP) is 1.36. The Morgan fingerprint density at radius 1 is 1.29 bits per heavy atom. The molecule has 0 fully saturated rings. The number of amides is 1. The van der Waals surface area contributed by atoms with Crippen molar-refractivity contribution in [1.82, 2.24) is 5.32 Å². The molecule has 0 heterocycles. The van der Waals surface area contributed by atoms with E-state index in [1.165, 1.54) is 13.0 Å². The van der Waals surface area contributed by atoms with Crippen molar-refractivity contribution >= 4 is 17.9 Å². The first-order valence-corrected chi connectivity index (χ1v) is 4.22. The third-order valence-electron chi connectivity index (χ3n) is 1.63. The maximum absolute atomic E-state index is 10.8. The van der Waals surface area contributed by atoms with Crippen LogP contribution in [0.5, 0.6) is 0 Å². The van der Waals surface area contributed by atoms with Crippen LogP contribution >= 0.6 is 0 Å². The largest absolute Gasteiger partial charge is 0.326 e. The summed E-state index contributed by atoms with van der Waals surface area (Å²) in [5.41, 5.74) is 1.34. The fraction of sp³-hybridized carbons (Fsp3) is 0.0909. The second-order valence-electron chi connectivity index (χ2n) is 2.76. The van der Waals surface area contributed by atoms with Gasteiger partial charge >= 0.3 is 0 Å². The summed E-state index contributed by atoms with van der Waals surface area (Å²) in [6, 6.07) is 9.21. The molecule has 0 unspecified atom stereocenters. The molecule has 14 heavy (non-hydrogen) atoms. The van der Waals surface area contributed by atoms with E-state index in [0.717, 1.165) is 5.56 Å². The highest BCUT2D eigenvalue weighted by Crippen LogP contribution is 2.09. The zero-order chi connectivity index (χ0) is 10.4. The topological polar surface area (TPSA) is 46.2 Å². The van der Waals surface area contributed by atoms with Crippen LogP contribution in [0.15, 0.2) is 36.4 Å². The number of carbonyl (C=O) groups excluding carboxylic acids is 2. The van der Waals surface area contributed by atoms with Crippen LogP contribution in [0.4, 0.5) is 0 Å². The monoisotopic (exact) mass is 189 g/mol. The Balaban J connectivity index is 2.95. The van der Waals surface area contributed by atoms with Crippen LogP contribution in [-0.2, 0) is 9.59 Å². The van der Waals surface area contributed by atoms with E-state index >= 15 is 0 Å². The van der Waals surface area contributed by atoms with Gasteiger partial charge < -0.3 is 5.32 Å². The standard InChI is InChI=1S/C11H11NO2/c1-9(14)12-11(7-8-13)10-5-3-2-4-6-10/h2-8H,1H3,(H,12,14)/b11-7-. The second-order valence-corrected chi connectivity index (χ2v) is 2.76.